The molecule has 150 valence electrons. The Kier molecular flexibility index (Phi) is 5.00. The third kappa shape index (κ3) is 3.46. The molecule has 0 bridgehead atoms. The second-order valence-electron chi connectivity index (χ2n) is 7.08. The molecule has 3 aromatic rings. The molecule has 29 heavy (non-hydrogen) atoms. The molecule has 4 rings (SSSR count). The van der Waals surface area contributed by atoms with Gasteiger partial charge in [0.2, 0.25) is 5.91 Å². The molecular formula is C21H21FN4O3. The number of fused-ring (bicyclic) bond motifs is 1. The lowest BCUT2D eigenvalue weighted by molar-refractivity contribution is -0.151. The molecule has 1 fully saturated rings. The zero-order valence-electron chi connectivity index (χ0n) is 16.3. The average molecular weight is 396 g/mol. The van der Waals surface area contributed by atoms with E-state index in [4.69, 9.17) is 4.74 Å². The molecule has 8 heteroatoms. The molecule has 1 aliphatic rings. The van der Waals surface area contributed by atoms with E-state index in [9.17, 15) is 14.0 Å². The van der Waals surface area contributed by atoms with E-state index in [0.717, 1.165) is 28.6 Å². The molecule has 0 aliphatic carbocycles. The molecule has 0 spiro atoms. The van der Waals surface area contributed by atoms with Crippen LogP contribution in [0.1, 0.15) is 18.5 Å². The summed E-state index contributed by atoms with van der Waals surface area (Å²) in [4.78, 5) is 30.8. The number of methoxy groups -OCH3 is 1. The van der Waals surface area contributed by atoms with Crippen molar-refractivity contribution in [2.75, 3.05) is 13.7 Å². The number of aromatic nitrogens is 3. The third-order valence-corrected chi connectivity index (χ3v) is 5.29. The Morgan fingerprint density at radius 2 is 2.00 bits per heavy atom. The number of carbonyl (C=O) groups excluding carboxylic acids is 2. The first-order chi connectivity index (χ1) is 14.0. The van der Waals surface area contributed by atoms with E-state index in [0.29, 0.717) is 18.6 Å². The van der Waals surface area contributed by atoms with E-state index in [-0.39, 0.29) is 18.3 Å². The highest BCUT2D eigenvalue weighted by Crippen LogP contribution is 2.30. The van der Waals surface area contributed by atoms with Gasteiger partial charge in [0.15, 0.2) is 5.65 Å². The average Bonchev–Trinajstić information content (AvgIpc) is 3.33. The van der Waals surface area contributed by atoms with Crippen LogP contribution in [0.3, 0.4) is 0 Å². The number of carbonyl (C=O) groups is 2. The third-order valence-electron chi connectivity index (χ3n) is 5.29. The Balaban J connectivity index is 1.67. The molecule has 1 atom stereocenters. The van der Waals surface area contributed by atoms with Crippen LogP contribution >= 0.6 is 0 Å². The standard InChI is InChI=1S/C21H21FN4O3/c1-13-19-16(14-5-7-15(22)8-6-14)9-10-23-20(19)26(24-13)12-18(27)25-11-3-4-17(25)21(28)29-2/h5-10,17H,3-4,11-12H2,1-2H3. The minimum absolute atomic E-state index is 0.0162. The SMILES string of the molecule is COC(=O)C1CCCN1C(=O)Cn1nc(C)c2c(-c3ccc(F)cc3)ccnc21. The van der Waals surface area contributed by atoms with Gasteiger partial charge in [-0.05, 0) is 49.1 Å². The highest BCUT2D eigenvalue weighted by molar-refractivity contribution is 5.95. The maximum Gasteiger partial charge on any atom is 0.328 e. The van der Waals surface area contributed by atoms with E-state index in [1.54, 1.807) is 27.9 Å². The number of aryl methyl sites for hydroxylation is 1. The van der Waals surface area contributed by atoms with Crippen LogP contribution in [-0.4, -0.2) is 51.2 Å². The van der Waals surface area contributed by atoms with Gasteiger partial charge in [-0.1, -0.05) is 12.1 Å². The Bertz CT molecular complexity index is 1080. The summed E-state index contributed by atoms with van der Waals surface area (Å²) in [6.45, 7) is 2.36. The van der Waals surface area contributed by atoms with Crippen molar-refractivity contribution in [1.82, 2.24) is 19.7 Å². The van der Waals surface area contributed by atoms with Gasteiger partial charge in [-0.15, -0.1) is 0 Å². The fourth-order valence-corrected chi connectivity index (χ4v) is 3.93. The van der Waals surface area contributed by atoms with Crippen LogP contribution < -0.4 is 0 Å². The molecule has 1 aliphatic heterocycles. The smallest absolute Gasteiger partial charge is 0.328 e. The topological polar surface area (TPSA) is 77.3 Å². The van der Waals surface area contributed by atoms with Gasteiger partial charge in [-0.25, -0.2) is 18.9 Å². The summed E-state index contributed by atoms with van der Waals surface area (Å²) < 4.78 is 19.7. The molecule has 1 saturated heterocycles. The van der Waals surface area contributed by atoms with Crippen LogP contribution in [0.4, 0.5) is 4.39 Å². The zero-order chi connectivity index (χ0) is 20.5. The quantitative estimate of drug-likeness (QED) is 0.634. The predicted molar refractivity (Wildman–Crippen MR) is 104 cm³/mol. The minimum atomic E-state index is -0.543. The molecule has 0 saturated carbocycles. The molecule has 7 nitrogen and oxygen atoms in total. The van der Waals surface area contributed by atoms with Gasteiger partial charge >= 0.3 is 5.97 Å². The number of amides is 1. The molecule has 1 aromatic carbocycles. The van der Waals surface area contributed by atoms with Crippen molar-refractivity contribution in [2.24, 2.45) is 0 Å². The first-order valence-corrected chi connectivity index (χ1v) is 9.45. The van der Waals surface area contributed by atoms with Gasteiger partial charge in [0.05, 0.1) is 12.8 Å². The fraction of sp³-hybridized carbons (Fsp3) is 0.333. The number of hydrogen-bond acceptors (Lipinski definition) is 5. The number of benzene rings is 1. The maximum atomic E-state index is 13.3. The summed E-state index contributed by atoms with van der Waals surface area (Å²) in [6, 6.07) is 7.54. The Morgan fingerprint density at radius 1 is 1.24 bits per heavy atom. The normalized spacial score (nSPS) is 16.4. The summed E-state index contributed by atoms with van der Waals surface area (Å²) in [5, 5.41) is 5.33. The summed E-state index contributed by atoms with van der Waals surface area (Å²) in [5.74, 6) is -0.895. The Hall–Kier alpha value is -3.29. The first-order valence-electron chi connectivity index (χ1n) is 9.45. The van der Waals surface area contributed by atoms with Gasteiger partial charge in [-0.3, -0.25) is 4.79 Å². The van der Waals surface area contributed by atoms with Crippen LogP contribution in [0.2, 0.25) is 0 Å². The van der Waals surface area contributed by atoms with Gasteiger partial charge < -0.3 is 9.64 Å². The fourth-order valence-electron chi connectivity index (χ4n) is 3.93. The van der Waals surface area contributed by atoms with Gasteiger partial charge in [0.1, 0.15) is 18.4 Å². The summed E-state index contributed by atoms with van der Waals surface area (Å²) in [6.07, 6.45) is 3.01. The number of nitrogens with zero attached hydrogens (tertiary/aromatic N) is 4. The predicted octanol–water partition coefficient (Wildman–Crippen LogP) is 2.71. The number of hydrogen-bond donors (Lipinski definition) is 0. The van der Waals surface area contributed by atoms with Crippen molar-refractivity contribution < 1.29 is 18.7 Å². The lowest BCUT2D eigenvalue weighted by Gasteiger charge is -2.22. The van der Waals surface area contributed by atoms with E-state index in [2.05, 4.69) is 10.1 Å². The highest BCUT2D eigenvalue weighted by atomic mass is 19.1. The number of pyridine rings is 1. The zero-order valence-corrected chi connectivity index (χ0v) is 16.3. The number of likely N-dealkylation sites (tertiary alicyclic amines) is 1. The van der Waals surface area contributed by atoms with Gasteiger partial charge in [0.25, 0.3) is 0 Å². The van der Waals surface area contributed by atoms with Crippen LogP contribution in [0.25, 0.3) is 22.2 Å². The number of halogens is 1. The van der Waals surface area contributed by atoms with Crippen molar-refractivity contribution in [1.29, 1.82) is 0 Å². The van der Waals surface area contributed by atoms with E-state index in [1.807, 2.05) is 13.0 Å². The summed E-state index contributed by atoms with van der Waals surface area (Å²) in [5.41, 5.74) is 3.02. The summed E-state index contributed by atoms with van der Waals surface area (Å²) >= 11 is 0. The summed E-state index contributed by atoms with van der Waals surface area (Å²) in [7, 11) is 1.33. The number of ether oxygens (including phenoxy) is 1. The highest BCUT2D eigenvalue weighted by Gasteiger charge is 2.35. The largest absolute Gasteiger partial charge is 0.467 e. The first kappa shape index (κ1) is 19.0. The lowest BCUT2D eigenvalue weighted by Crippen LogP contribution is -2.42. The van der Waals surface area contributed by atoms with E-state index >= 15 is 0 Å². The maximum absolute atomic E-state index is 13.3. The van der Waals surface area contributed by atoms with Crippen molar-refractivity contribution in [3.63, 3.8) is 0 Å². The van der Waals surface area contributed by atoms with Gasteiger partial charge in [-0.2, -0.15) is 5.10 Å². The van der Waals surface area contributed by atoms with Crippen LogP contribution in [0.5, 0.6) is 0 Å². The Labute approximate surface area is 167 Å². The van der Waals surface area contributed by atoms with Crippen LogP contribution in [0.15, 0.2) is 36.5 Å². The second-order valence-corrected chi connectivity index (χ2v) is 7.08. The van der Waals surface area contributed by atoms with Gasteiger partial charge in [0, 0.05) is 18.1 Å². The molecule has 1 unspecified atom stereocenters. The molecule has 0 radical (unpaired) electrons. The van der Waals surface area contributed by atoms with E-state index < -0.39 is 12.0 Å². The van der Waals surface area contributed by atoms with E-state index in [1.165, 1.54) is 19.2 Å². The molecule has 3 heterocycles. The van der Waals surface area contributed by atoms with Crippen LogP contribution in [0, 0.1) is 12.7 Å². The van der Waals surface area contributed by atoms with Crippen molar-refractivity contribution >= 4 is 22.9 Å². The molecular weight excluding hydrogens is 375 g/mol. The minimum Gasteiger partial charge on any atom is -0.467 e. The monoisotopic (exact) mass is 396 g/mol. The van der Waals surface area contributed by atoms with Crippen molar-refractivity contribution in [3.8, 4) is 11.1 Å². The molecule has 1 amide bonds. The Morgan fingerprint density at radius 3 is 2.72 bits per heavy atom. The lowest BCUT2D eigenvalue weighted by atomic mass is 10.0. The molecule has 0 N–H and O–H groups in total. The molecule has 2 aromatic heterocycles. The van der Waals surface area contributed by atoms with Crippen LogP contribution in [-0.2, 0) is 20.9 Å². The number of esters is 1. The number of rotatable bonds is 4. The van der Waals surface area contributed by atoms with Crippen molar-refractivity contribution in [2.45, 2.75) is 32.4 Å². The van der Waals surface area contributed by atoms with Crippen molar-refractivity contribution in [3.05, 3.63) is 48.0 Å². The second kappa shape index (κ2) is 7.62.